The van der Waals surface area contributed by atoms with Gasteiger partial charge in [-0.05, 0) is 55.2 Å². The largest absolute Gasteiger partial charge is 0.311 e. The molecule has 1 atom stereocenters. The second-order valence-corrected chi connectivity index (χ2v) is 8.25. The molecule has 0 aromatic heterocycles. The van der Waals surface area contributed by atoms with Crippen LogP contribution >= 0.6 is 0 Å². The average molecular weight is 378 g/mol. The van der Waals surface area contributed by atoms with Crippen LogP contribution in [-0.2, 0) is 21.2 Å². The Bertz CT molecular complexity index is 1040. The quantitative estimate of drug-likeness (QED) is 0.892. The molecule has 0 unspecified atom stereocenters. The Labute approximate surface area is 149 Å². The molecular formula is C18H16F2N2O3S. The van der Waals surface area contributed by atoms with Gasteiger partial charge in [0.1, 0.15) is 11.6 Å². The van der Waals surface area contributed by atoms with Crippen LogP contribution in [0.5, 0.6) is 0 Å². The third-order valence-electron chi connectivity index (χ3n) is 4.88. The summed E-state index contributed by atoms with van der Waals surface area (Å²) in [6.45, 7) is 2.38. The summed E-state index contributed by atoms with van der Waals surface area (Å²) >= 11 is 0. The molecule has 2 aromatic rings. The van der Waals surface area contributed by atoms with Crippen molar-refractivity contribution in [1.29, 1.82) is 0 Å². The molecule has 4 rings (SSSR count). The number of nitrogens with zero attached hydrogens (tertiary/aromatic N) is 1. The van der Waals surface area contributed by atoms with Gasteiger partial charge in [0.2, 0.25) is 5.91 Å². The second kappa shape index (κ2) is 5.77. The molecular weight excluding hydrogens is 362 g/mol. The summed E-state index contributed by atoms with van der Waals surface area (Å²) in [7, 11) is -4.08. The van der Waals surface area contributed by atoms with Gasteiger partial charge in [-0.1, -0.05) is 0 Å². The number of anilines is 2. The molecule has 5 nitrogen and oxygen atoms in total. The highest BCUT2D eigenvalue weighted by molar-refractivity contribution is 7.92. The van der Waals surface area contributed by atoms with Gasteiger partial charge in [-0.2, -0.15) is 0 Å². The SMILES string of the molecule is C[C@@H]1C(=O)N2CCCc3cc(S(=O)(=O)Nc4ccc(F)cc4F)cc1c32. The zero-order valence-electron chi connectivity index (χ0n) is 13.9. The molecule has 2 aliphatic rings. The minimum atomic E-state index is -4.08. The zero-order chi connectivity index (χ0) is 18.6. The molecule has 0 radical (unpaired) electrons. The smallest absolute Gasteiger partial charge is 0.262 e. The number of carbonyl (C=O) groups is 1. The van der Waals surface area contributed by atoms with Gasteiger partial charge in [-0.15, -0.1) is 0 Å². The van der Waals surface area contributed by atoms with E-state index in [4.69, 9.17) is 0 Å². The van der Waals surface area contributed by atoms with Crippen LogP contribution in [0, 0.1) is 11.6 Å². The lowest BCUT2D eigenvalue weighted by Gasteiger charge is -2.26. The van der Waals surface area contributed by atoms with E-state index in [0.29, 0.717) is 24.6 Å². The van der Waals surface area contributed by atoms with Crippen LogP contribution in [0.3, 0.4) is 0 Å². The highest BCUT2D eigenvalue weighted by Crippen LogP contribution is 2.44. The first-order valence-corrected chi connectivity index (χ1v) is 9.72. The van der Waals surface area contributed by atoms with Crippen molar-refractivity contribution in [2.75, 3.05) is 16.2 Å². The third-order valence-corrected chi connectivity index (χ3v) is 6.22. The van der Waals surface area contributed by atoms with Crippen molar-refractivity contribution in [3.05, 3.63) is 53.1 Å². The van der Waals surface area contributed by atoms with Gasteiger partial charge in [0.15, 0.2) is 0 Å². The van der Waals surface area contributed by atoms with Gasteiger partial charge in [-0.3, -0.25) is 9.52 Å². The maximum absolute atomic E-state index is 13.8. The molecule has 0 saturated carbocycles. The first-order chi connectivity index (χ1) is 12.3. The highest BCUT2D eigenvalue weighted by atomic mass is 32.2. The third kappa shape index (κ3) is 2.56. The molecule has 136 valence electrons. The number of hydrogen-bond donors (Lipinski definition) is 1. The fourth-order valence-electron chi connectivity index (χ4n) is 3.60. The predicted molar refractivity (Wildman–Crippen MR) is 92.7 cm³/mol. The molecule has 0 spiro atoms. The number of rotatable bonds is 3. The molecule has 0 bridgehead atoms. The molecule has 0 fully saturated rings. The van der Waals surface area contributed by atoms with Crippen molar-refractivity contribution in [2.45, 2.75) is 30.6 Å². The summed E-state index contributed by atoms with van der Waals surface area (Å²) in [6, 6.07) is 5.62. The second-order valence-electron chi connectivity index (χ2n) is 6.57. The predicted octanol–water partition coefficient (Wildman–Crippen LogP) is 3.16. The van der Waals surface area contributed by atoms with E-state index in [-0.39, 0.29) is 16.5 Å². The lowest BCUT2D eigenvalue weighted by molar-refractivity contribution is -0.119. The summed E-state index contributed by atoms with van der Waals surface area (Å²) < 4.78 is 54.4. The number of halogens is 2. The van der Waals surface area contributed by atoms with E-state index in [2.05, 4.69) is 4.72 Å². The molecule has 2 aromatic carbocycles. The fraction of sp³-hybridized carbons (Fsp3) is 0.278. The summed E-state index contributed by atoms with van der Waals surface area (Å²) in [6.07, 6.45) is 1.43. The molecule has 2 heterocycles. The van der Waals surface area contributed by atoms with E-state index in [1.165, 1.54) is 12.1 Å². The number of amides is 1. The summed E-state index contributed by atoms with van der Waals surface area (Å²) in [4.78, 5) is 14.1. The van der Waals surface area contributed by atoms with E-state index >= 15 is 0 Å². The van der Waals surface area contributed by atoms with Gasteiger partial charge >= 0.3 is 0 Å². The van der Waals surface area contributed by atoms with Crippen molar-refractivity contribution in [3.63, 3.8) is 0 Å². The van der Waals surface area contributed by atoms with E-state index in [1.807, 2.05) is 0 Å². The standard InChI is InChI=1S/C18H16F2N2O3S/c1-10-14-9-13(7-11-3-2-6-22(17(11)14)18(10)23)26(24,25)21-16-5-4-12(19)8-15(16)20/h4-5,7-10,21H,2-3,6H2,1H3/t10-/m0/s1. The number of nitrogens with one attached hydrogen (secondary N) is 1. The maximum atomic E-state index is 13.8. The van der Waals surface area contributed by atoms with Gasteiger partial charge in [0.05, 0.1) is 22.2 Å². The maximum Gasteiger partial charge on any atom is 0.262 e. The van der Waals surface area contributed by atoms with Crippen LogP contribution in [0.4, 0.5) is 20.2 Å². The van der Waals surface area contributed by atoms with Crippen LogP contribution in [0.25, 0.3) is 0 Å². The van der Waals surface area contributed by atoms with Crippen molar-refractivity contribution in [2.24, 2.45) is 0 Å². The van der Waals surface area contributed by atoms with Gasteiger partial charge in [-0.25, -0.2) is 17.2 Å². The molecule has 26 heavy (non-hydrogen) atoms. The molecule has 8 heteroatoms. The minimum Gasteiger partial charge on any atom is -0.311 e. The topological polar surface area (TPSA) is 66.5 Å². The first-order valence-electron chi connectivity index (χ1n) is 8.24. The lowest BCUT2D eigenvalue weighted by atomic mass is 9.97. The van der Waals surface area contributed by atoms with Crippen LogP contribution in [-0.4, -0.2) is 20.9 Å². The highest BCUT2D eigenvalue weighted by Gasteiger charge is 2.38. The van der Waals surface area contributed by atoms with E-state index in [0.717, 1.165) is 29.8 Å². The summed E-state index contributed by atoms with van der Waals surface area (Å²) in [5.74, 6) is -2.24. The van der Waals surface area contributed by atoms with Crippen molar-refractivity contribution < 1.29 is 22.0 Å². The van der Waals surface area contributed by atoms with E-state index < -0.39 is 27.6 Å². The minimum absolute atomic E-state index is 0.0293. The number of aryl methyl sites for hydroxylation is 1. The normalized spacial score (nSPS) is 18.8. The van der Waals surface area contributed by atoms with Crippen molar-refractivity contribution >= 4 is 27.3 Å². The van der Waals surface area contributed by atoms with Crippen LogP contribution in [0.15, 0.2) is 35.2 Å². The Morgan fingerprint density at radius 1 is 1.19 bits per heavy atom. The average Bonchev–Trinajstić information content (AvgIpc) is 2.84. The van der Waals surface area contributed by atoms with Crippen molar-refractivity contribution in [1.82, 2.24) is 0 Å². The van der Waals surface area contributed by atoms with E-state index in [9.17, 15) is 22.0 Å². The Morgan fingerprint density at radius 3 is 2.69 bits per heavy atom. The Hall–Kier alpha value is -2.48. The van der Waals surface area contributed by atoms with Gasteiger partial charge in [0.25, 0.3) is 10.0 Å². The number of sulfonamides is 1. The zero-order valence-corrected chi connectivity index (χ0v) is 14.7. The Morgan fingerprint density at radius 2 is 1.96 bits per heavy atom. The number of hydrogen-bond acceptors (Lipinski definition) is 3. The number of carbonyl (C=O) groups excluding carboxylic acids is 1. The van der Waals surface area contributed by atoms with E-state index in [1.54, 1.807) is 11.8 Å². The van der Waals surface area contributed by atoms with Gasteiger partial charge < -0.3 is 4.90 Å². The molecule has 0 aliphatic carbocycles. The lowest BCUT2D eigenvalue weighted by Crippen LogP contribution is -2.32. The monoisotopic (exact) mass is 378 g/mol. The molecule has 1 N–H and O–H groups in total. The van der Waals surface area contributed by atoms with Crippen LogP contribution in [0.2, 0.25) is 0 Å². The summed E-state index contributed by atoms with van der Waals surface area (Å²) in [5.41, 5.74) is 1.95. The number of benzene rings is 2. The van der Waals surface area contributed by atoms with Crippen LogP contribution < -0.4 is 9.62 Å². The molecule has 2 aliphatic heterocycles. The van der Waals surface area contributed by atoms with Crippen molar-refractivity contribution in [3.8, 4) is 0 Å². The molecule has 0 saturated heterocycles. The van der Waals surface area contributed by atoms with Gasteiger partial charge in [0, 0.05) is 12.6 Å². The fourth-order valence-corrected chi connectivity index (χ4v) is 4.75. The molecule has 1 amide bonds. The summed E-state index contributed by atoms with van der Waals surface area (Å²) in [5, 5.41) is 0. The first kappa shape index (κ1) is 17.0. The van der Waals surface area contributed by atoms with Crippen LogP contribution in [0.1, 0.15) is 30.4 Å². The Balaban J connectivity index is 1.78. The Kier molecular flexibility index (Phi) is 3.76.